The zero-order chi connectivity index (χ0) is 33.2. The molecule has 0 aliphatic carbocycles. The second-order valence-corrected chi connectivity index (χ2v) is 9.97. The third kappa shape index (κ3) is 11.9. The number of esters is 1. The van der Waals surface area contributed by atoms with Gasteiger partial charge in [0.2, 0.25) is 0 Å². The highest BCUT2D eigenvalue weighted by molar-refractivity contribution is 9.10. The van der Waals surface area contributed by atoms with E-state index in [-0.39, 0.29) is 31.3 Å². The van der Waals surface area contributed by atoms with Crippen molar-refractivity contribution in [3.05, 3.63) is 105 Å². The number of rotatable bonds is 9. The van der Waals surface area contributed by atoms with Crippen molar-refractivity contribution in [1.82, 2.24) is 10.3 Å². The van der Waals surface area contributed by atoms with Gasteiger partial charge < -0.3 is 24.8 Å². The van der Waals surface area contributed by atoms with Crippen molar-refractivity contribution in [2.24, 2.45) is 5.10 Å². The third-order valence-corrected chi connectivity index (χ3v) is 6.65. The van der Waals surface area contributed by atoms with Crippen LogP contribution in [0.4, 0.5) is 4.39 Å². The maximum Gasteiger partial charge on any atom is 0.488 e. The van der Waals surface area contributed by atoms with Gasteiger partial charge in [-0.05, 0) is 48.6 Å². The second-order valence-electron chi connectivity index (χ2n) is 9.12. The number of carbonyl (C=O) groups excluding carboxylic acids is 2. The summed E-state index contributed by atoms with van der Waals surface area (Å²) in [6.07, 6.45) is 7.23. The number of amides is 1. The van der Waals surface area contributed by atoms with Crippen molar-refractivity contribution in [3.8, 4) is 12.3 Å². The molecule has 0 saturated heterocycles. The Balaban J connectivity index is 0.000000416. The van der Waals surface area contributed by atoms with E-state index in [1.165, 1.54) is 24.3 Å². The first-order valence-electron chi connectivity index (χ1n) is 14.1. The fourth-order valence-electron chi connectivity index (χ4n) is 3.82. The summed E-state index contributed by atoms with van der Waals surface area (Å²) in [4.78, 5) is 24.9. The van der Waals surface area contributed by atoms with E-state index in [2.05, 4.69) is 32.3 Å². The molecule has 0 bridgehead atoms. The number of hydrogen-bond donors (Lipinski definition) is 3. The van der Waals surface area contributed by atoms with Crippen molar-refractivity contribution >= 4 is 52.4 Å². The summed E-state index contributed by atoms with van der Waals surface area (Å²) in [7, 11) is -1.51. The molecular weight excluding hydrogens is 644 g/mol. The fraction of sp³-hybridized carbons (Fsp3) is 0.242. The van der Waals surface area contributed by atoms with Gasteiger partial charge in [-0.1, -0.05) is 77.5 Å². The van der Waals surface area contributed by atoms with E-state index in [1.807, 2.05) is 55.5 Å². The average molecular weight is 680 g/mol. The lowest BCUT2D eigenvalue weighted by Crippen LogP contribution is -2.38. The first-order chi connectivity index (χ1) is 21.7. The molecule has 3 aromatic rings. The van der Waals surface area contributed by atoms with Crippen molar-refractivity contribution in [2.45, 2.75) is 40.3 Å². The maximum atomic E-state index is 13.1. The van der Waals surface area contributed by atoms with Crippen molar-refractivity contribution in [3.63, 3.8) is 0 Å². The largest absolute Gasteiger partial charge is 0.488 e. The van der Waals surface area contributed by atoms with Crippen LogP contribution in [0.25, 0.3) is 5.76 Å². The van der Waals surface area contributed by atoms with Crippen LogP contribution >= 0.6 is 15.9 Å². The summed E-state index contributed by atoms with van der Waals surface area (Å²) in [5.41, 5.74) is 3.26. The van der Waals surface area contributed by atoms with Crippen LogP contribution in [-0.2, 0) is 32.2 Å². The predicted octanol–water partition coefficient (Wildman–Crippen LogP) is 4.37. The van der Waals surface area contributed by atoms with Gasteiger partial charge in [-0.3, -0.25) is 14.6 Å². The molecule has 0 aromatic heterocycles. The van der Waals surface area contributed by atoms with Crippen molar-refractivity contribution in [2.75, 3.05) is 13.2 Å². The predicted molar refractivity (Wildman–Crippen MR) is 177 cm³/mol. The number of halogens is 2. The van der Waals surface area contributed by atoms with E-state index in [4.69, 9.17) is 25.9 Å². The zero-order valence-corrected chi connectivity index (χ0v) is 27.0. The average Bonchev–Trinajstić information content (AvgIpc) is 3.04. The lowest BCUT2D eigenvalue weighted by molar-refractivity contribution is -0.143. The quantitative estimate of drug-likeness (QED) is 0.133. The number of hydrazone groups is 1. The van der Waals surface area contributed by atoms with Gasteiger partial charge in [-0.25, -0.2) is 4.39 Å². The Hall–Kier alpha value is -4.44. The van der Waals surface area contributed by atoms with Gasteiger partial charge in [0.25, 0.3) is 5.91 Å². The normalized spacial score (nSPS) is 11.6. The number of terminal acetylenes is 1. The summed E-state index contributed by atoms with van der Waals surface area (Å²) in [5, 5.41) is 25.7. The molecule has 12 heteroatoms. The first-order valence-corrected chi connectivity index (χ1v) is 14.9. The monoisotopic (exact) mass is 679 g/mol. The molecule has 9 nitrogen and oxygen atoms in total. The number of fused-ring (bicyclic) bond motifs is 1. The first kappa shape index (κ1) is 36.8. The molecule has 0 fully saturated rings. The fourth-order valence-corrected chi connectivity index (χ4v) is 4.31. The molecule has 1 heterocycles. The van der Waals surface area contributed by atoms with Crippen LogP contribution in [0.3, 0.4) is 0 Å². The Kier molecular flexibility index (Phi) is 16.1. The molecule has 0 unspecified atom stereocenters. The maximum absolute atomic E-state index is 13.1. The molecule has 1 aliphatic heterocycles. The Labute approximate surface area is 272 Å². The molecule has 0 spiro atoms. The highest BCUT2D eigenvalue weighted by Crippen LogP contribution is 2.37. The molecule has 1 aliphatic rings. The number of benzene rings is 3. The van der Waals surface area contributed by atoms with Crippen LogP contribution in [0.5, 0.6) is 0 Å². The Morgan fingerprint density at radius 1 is 1.11 bits per heavy atom. The topological polar surface area (TPSA) is 121 Å². The SMILES string of the molecule is C#CCC.C/C=N\N1Cc2c(Br)cccc2C(OCc2ccccc2)=C1C(=O)NCC(=O)OCC.OB(O)c1ccc(F)cc1. The van der Waals surface area contributed by atoms with Crippen molar-refractivity contribution < 1.29 is 33.5 Å². The highest BCUT2D eigenvalue weighted by atomic mass is 79.9. The number of nitrogens with zero attached hydrogens (tertiary/aromatic N) is 2. The van der Waals surface area contributed by atoms with Crippen molar-refractivity contribution in [1.29, 1.82) is 0 Å². The van der Waals surface area contributed by atoms with E-state index in [0.29, 0.717) is 17.8 Å². The molecule has 1 amide bonds. The standard InChI is InChI=1S/C23H24BrN3O4.C6H6BFO2.C4H6/c1-3-26-27-14-18-17(11-8-12-19(18)24)22(31-15-16-9-6-5-7-10-16)21(27)23(29)25-13-20(28)30-4-2;8-6-3-1-5(2-4-6)7(9)10;1-3-4-2/h3,5-12H,4,13-15H2,1-2H3,(H,25,29);1-4,9-10H;1H,4H2,2H3/b26-3-;;. The molecule has 3 aromatic carbocycles. The van der Waals surface area contributed by atoms with Gasteiger partial charge in [0, 0.05) is 22.7 Å². The lowest BCUT2D eigenvalue weighted by Gasteiger charge is -2.31. The number of carbonyl (C=O) groups is 2. The summed E-state index contributed by atoms with van der Waals surface area (Å²) < 4.78 is 24.2. The molecule has 45 heavy (non-hydrogen) atoms. The molecule has 236 valence electrons. The van der Waals surface area contributed by atoms with Gasteiger partial charge in [-0.15, -0.1) is 12.3 Å². The molecule has 0 radical (unpaired) electrons. The number of ether oxygens (including phenoxy) is 2. The van der Waals surface area contributed by atoms with Gasteiger partial charge in [0.1, 0.15) is 19.0 Å². The minimum Gasteiger partial charge on any atom is -0.486 e. The molecular formula is C33H36BBrFN3O6. The Bertz CT molecular complexity index is 1490. The second kappa shape index (κ2) is 19.8. The van der Waals surface area contributed by atoms with Gasteiger partial charge >= 0.3 is 13.1 Å². The summed E-state index contributed by atoms with van der Waals surface area (Å²) in [6.45, 7) is 6.09. The zero-order valence-electron chi connectivity index (χ0n) is 25.4. The van der Waals surface area contributed by atoms with Crippen LogP contribution in [0.15, 0.2) is 88.1 Å². The third-order valence-electron chi connectivity index (χ3n) is 5.91. The lowest BCUT2D eigenvalue weighted by atomic mass is 9.80. The molecule has 0 saturated carbocycles. The summed E-state index contributed by atoms with van der Waals surface area (Å²) >= 11 is 3.59. The highest BCUT2D eigenvalue weighted by Gasteiger charge is 2.32. The van der Waals surface area contributed by atoms with Crippen LogP contribution in [-0.4, -0.2) is 53.4 Å². The van der Waals surface area contributed by atoms with E-state index < -0.39 is 19.0 Å². The van der Waals surface area contributed by atoms with E-state index in [0.717, 1.165) is 27.6 Å². The van der Waals surface area contributed by atoms with E-state index in [9.17, 15) is 14.0 Å². The van der Waals surface area contributed by atoms with E-state index in [1.54, 1.807) is 25.1 Å². The molecule has 4 rings (SSSR count). The Morgan fingerprint density at radius 2 is 1.78 bits per heavy atom. The smallest absolute Gasteiger partial charge is 0.486 e. The number of nitrogens with one attached hydrogen (secondary N) is 1. The van der Waals surface area contributed by atoms with Gasteiger partial charge in [-0.2, -0.15) is 5.10 Å². The molecule has 0 atom stereocenters. The number of hydrogen-bond acceptors (Lipinski definition) is 8. The van der Waals surface area contributed by atoms with Crippen LogP contribution in [0.2, 0.25) is 0 Å². The van der Waals surface area contributed by atoms with E-state index >= 15 is 0 Å². The van der Waals surface area contributed by atoms with Gasteiger partial charge in [0.05, 0.1) is 13.2 Å². The van der Waals surface area contributed by atoms with Crippen LogP contribution < -0.4 is 10.8 Å². The Morgan fingerprint density at radius 3 is 2.36 bits per heavy atom. The summed E-state index contributed by atoms with van der Waals surface area (Å²) in [6, 6.07) is 20.4. The minimum absolute atomic E-state index is 0.239. The van der Waals surface area contributed by atoms with Crippen LogP contribution in [0, 0.1) is 18.2 Å². The summed E-state index contributed by atoms with van der Waals surface area (Å²) in [5.74, 6) is 1.47. The molecule has 3 N–H and O–H groups in total. The van der Waals surface area contributed by atoms with Gasteiger partial charge in [0.15, 0.2) is 11.5 Å². The minimum atomic E-state index is -1.51. The van der Waals surface area contributed by atoms with Crippen LogP contribution in [0.1, 0.15) is 43.9 Å².